The minimum absolute atomic E-state index is 0.0151. The Morgan fingerprint density at radius 3 is 2.89 bits per heavy atom. The Morgan fingerprint density at radius 2 is 2.22 bits per heavy atom. The molecule has 0 aromatic carbocycles. The molecule has 6 nitrogen and oxygen atoms in total. The van der Waals surface area contributed by atoms with E-state index in [9.17, 15) is 9.59 Å². The summed E-state index contributed by atoms with van der Waals surface area (Å²) < 4.78 is 5.10. The van der Waals surface area contributed by atoms with Gasteiger partial charge in [0, 0.05) is 18.9 Å². The molecule has 1 aliphatic heterocycles. The first kappa shape index (κ1) is 12.5. The van der Waals surface area contributed by atoms with Crippen LogP contribution < -0.4 is 0 Å². The fourth-order valence-corrected chi connectivity index (χ4v) is 1.93. The number of rotatable bonds is 4. The molecule has 1 N–H and O–H groups in total. The van der Waals surface area contributed by atoms with Crippen LogP contribution in [0.25, 0.3) is 0 Å². The summed E-state index contributed by atoms with van der Waals surface area (Å²) in [6.45, 7) is 0.674. The van der Waals surface area contributed by atoms with Gasteiger partial charge >= 0.3 is 5.97 Å². The van der Waals surface area contributed by atoms with Crippen molar-refractivity contribution in [3.05, 3.63) is 30.1 Å². The van der Waals surface area contributed by atoms with E-state index < -0.39 is 12.0 Å². The number of amides is 1. The highest BCUT2D eigenvalue weighted by Gasteiger charge is 2.30. The molecule has 96 valence electrons. The summed E-state index contributed by atoms with van der Waals surface area (Å²) in [6, 6.07) is 3.21. The minimum Gasteiger partial charge on any atom is -0.481 e. The van der Waals surface area contributed by atoms with Gasteiger partial charge in [-0.3, -0.25) is 14.6 Å². The molecular weight excluding hydrogens is 236 g/mol. The van der Waals surface area contributed by atoms with Crippen LogP contribution in [0.4, 0.5) is 0 Å². The first-order valence-corrected chi connectivity index (χ1v) is 5.64. The molecule has 0 saturated carbocycles. The summed E-state index contributed by atoms with van der Waals surface area (Å²) >= 11 is 0. The van der Waals surface area contributed by atoms with Gasteiger partial charge in [-0.05, 0) is 17.7 Å². The summed E-state index contributed by atoms with van der Waals surface area (Å²) in [5.41, 5.74) is 0.927. The van der Waals surface area contributed by atoms with Gasteiger partial charge in [0.15, 0.2) is 0 Å². The van der Waals surface area contributed by atoms with E-state index in [4.69, 9.17) is 9.84 Å². The minimum atomic E-state index is -0.932. The maximum Gasteiger partial charge on any atom is 0.305 e. The molecule has 0 bridgehead atoms. The number of morpholine rings is 1. The zero-order chi connectivity index (χ0) is 13.0. The number of pyridine rings is 1. The monoisotopic (exact) mass is 250 g/mol. The quantitative estimate of drug-likeness (QED) is 0.830. The lowest BCUT2D eigenvalue weighted by Crippen LogP contribution is -2.49. The van der Waals surface area contributed by atoms with Crippen LogP contribution >= 0.6 is 0 Å². The predicted molar refractivity (Wildman–Crippen MR) is 61.6 cm³/mol. The molecule has 1 aromatic rings. The molecule has 0 spiro atoms. The first-order valence-electron chi connectivity index (χ1n) is 5.64. The summed E-state index contributed by atoms with van der Waals surface area (Å²) in [5.74, 6) is -1.11. The second-order valence-electron chi connectivity index (χ2n) is 4.14. The van der Waals surface area contributed by atoms with Gasteiger partial charge in [0.2, 0.25) is 5.91 Å². The van der Waals surface area contributed by atoms with E-state index in [1.807, 2.05) is 0 Å². The van der Waals surface area contributed by atoms with Gasteiger partial charge in [0.1, 0.15) is 6.61 Å². The smallest absolute Gasteiger partial charge is 0.305 e. The van der Waals surface area contributed by atoms with Crippen LogP contribution in [0.3, 0.4) is 0 Å². The van der Waals surface area contributed by atoms with E-state index in [1.165, 1.54) is 0 Å². The van der Waals surface area contributed by atoms with Crippen LogP contribution in [0.15, 0.2) is 24.5 Å². The van der Waals surface area contributed by atoms with Crippen LogP contribution in [0.1, 0.15) is 12.0 Å². The predicted octanol–water partition coefficient (Wildman–Crippen LogP) is 0.284. The van der Waals surface area contributed by atoms with Crippen molar-refractivity contribution in [2.45, 2.75) is 19.0 Å². The molecule has 2 heterocycles. The second-order valence-corrected chi connectivity index (χ2v) is 4.14. The van der Waals surface area contributed by atoms with E-state index in [2.05, 4.69) is 4.98 Å². The highest BCUT2D eigenvalue weighted by Crippen LogP contribution is 2.15. The second kappa shape index (κ2) is 5.59. The van der Waals surface area contributed by atoms with Crippen molar-refractivity contribution in [1.82, 2.24) is 9.88 Å². The zero-order valence-corrected chi connectivity index (χ0v) is 9.78. The Balaban J connectivity index is 2.10. The molecule has 1 saturated heterocycles. The number of aromatic nitrogens is 1. The van der Waals surface area contributed by atoms with Crippen molar-refractivity contribution in [2.75, 3.05) is 13.2 Å². The molecule has 0 aliphatic carbocycles. The lowest BCUT2D eigenvalue weighted by Gasteiger charge is -2.34. The van der Waals surface area contributed by atoms with Crippen molar-refractivity contribution in [1.29, 1.82) is 0 Å². The molecular formula is C12H14N2O4. The SMILES string of the molecule is O=C(O)CC1COCC(=O)N1Cc1ccncc1. The van der Waals surface area contributed by atoms with Gasteiger partial charge < -0.3 is 14.7 Å². The van der Waals surface area contributed by atoms with E-state index >= 15 is 0 Å². The number of carboxylic acid groups (broad SMARTS) is 1. The Kier molecular flexibility index (Phi) is 3.88. The highest BCUT2D eigenvalue weighted by molar-refractivity contribution is 5.79. The Hall–Kier alpha value is -1.95. The fourth-order valence-electron chi connectivity index (χ4n) is 1.93. The number of aliphatic carboxylic acids is 1. The van der Waals surface area contributed by atoms with Crippen molar-refractivity contribution >= 4 is 11.9 Å². The topological polar surface area (TPSA) is 79.7 Å². The van der Waals surface area contributed by atoms with Crippen LogP contribution in [-0.4, -0.2) is 46.1 Å². The zero-order valence-electron chi connectivity index (χ0n) is 9.78. The van der Waals surface area contributed by atoms with Crippen LogP contribution in [0, 0.1) is 0 Å². The van der Waals surface area contributed by atoms with Gasteiger partial charge in [-0.25, -0.2) is 0 Å². The first-order chi connectivity index (χ1) is 8.66. The highest BCUT2D eigenvalue weighted by atomic mass is 16.5. The molecule has 2 rings (SSSR count). The van der Waals surface area contributed by atoms with Crippen LogP contribution in [0.5, 0.6) is 0 Å². The number of carboxylic acids is 1. The van der Waals surface area contributed by atoms with Crippen molar-refractivity contribution in [2.24, 2.45) is 0 Å². The van der Waals surface area contributed by atoms with Gasteiger partial charge in [-0.15, -0.1) is 0 Å². The standard InChI is InChI=1S/C12H14N2O4/c15-11-8-18-7-10(5-12(16)17)14(11)6-9-1-3-13-4-2-9/h1-4,10H,5-8H2,(H,16,17). The normalized spacial score (nSPS) is 19.9. The number of hydrogen-bond donors (Lipinski definition) is 1. The average Bonchev–Trinajstić information content (AvgIpc) is 2.34. The molecule has 1 aliphatic rings. The third kappa shape index (κ3) is 3.04. The fraction of sp³-hybridized carbons (Fsp3) is 0.417. The van der Waals surface area contributed by atoms with Crippen LogP contribution in [-0.2, 0) is 20.9 Å². The largest absolute Gasteiger partial charge is 0.481 e. The summed E-state index contributed by atoms with van der Waals surface area (Å²) in [7, 11) is 0. The van der Waals surface area contributed by atoms with E-state index in [0.717, 1.165) is 5.56 Å². The molecule has 18 heavy (non-hydrogen) atoms. The lowest BCUT2D eigenvalue weighted by molar-refractivity contribution is -0.152. The Morgan fingerprint density at radius 1 is 1.50 bits per heavy atom. The van der Waals surface area contributed by atoms with E-state index in [0.29, 0.717) is 6.54 Å². The third-order valence-electron chi connectivity index (χ3n) is 2.81. The Labute approximate surface area is 104 Å². The van der Waals surface area contributed by atoms with Crippen molar-refractivity contribution in [3.8, 4) is 0 Å². The molecule has 1 fully saturated rings. The van der Waals surface area contributed by atoms with E-state index in [1.54, 1.807) is 29.4 Å². The van der Waals surface area contributed by atoms with Crippen LogP contribution in [0.2, 0.25) is 0 Å². The van der Waals surface area contributed by atoms with Crippen molar-refractivity contribution in [3.63, 3.8) is 0 Å². The molecule has 1 atom stereocenters. The third-order valence-corrected chi connectivity index (χ3v) is 2.81. The molecule has 0 radical (unpaired) electrons. The summed E-state index contributed by atoms with van der Waals surface area (Å²) in [4.78, 5) is 28.0. The maximum atomic E-state index is 11.8. The lowest BCUT2D eigenvalue weighted by atomic mass is 10.1. The number of nitrogens with zero attached hydrogens (tertiary/aromatic N) is 2. The van der Waals surface area contributed by atoms with Gasteiger partial charge in [-0.2, -0.15) is 0 Å². The average molecular weight is 250 g/mol. The van der Waals surface area contributed by atoms with Gasteiger partial charge in [-0.1, -0.05) is 0 Å². The molecule has 6 heteroatoms. The van der Waals surface area contributed by atoms with Gasteiger partial charge in [0.05, 0.1) is 19.1 Å². The summed E-state index contributed by atoms with van der Waals surface area (Å²) in [6.07, 6.45) is 3.19. The molecule has 1 unspecified atom stereocenters. The number of carbonyl (C=O) groups is 2. The molecule has 1 aromatic heterocycles. The number of carbonyl (C=O) groups excluding carboxylic acids is 1. The number of ether oxygens (including phenoxy) is 1. The van der Waals surface area contributed by atoms with Crippen molar-refractivity contribution < 1.29 is 19.4 Å². The van der Waals surface area contributed by atoms with E-state index in [-0.39, 0.29) is 25.5 Å². The van der Waals surface area contributed by atoms with Gasteiger partial charge in [0.25, 0.3) is 0 Å². The number of hydrogen-bond acceptors (Lipinski definition) is 4. The summed E-state index contributed by atoms with van der Waals surface area (Å²) in [5, 5.41) is 8.83. The maximum absolute atomic E-state index is 11.8. The Bertz CT molecular complexity index is 435. The molecule has 1 amide bonds.